The summed E-state index contributed by atoms with van der Waals surface area (Å²) >= 11 is 0. The van der Waals surface area contributed by atoms with Crippen LogP contribution in [0.5, 0.6) is 0 Å². The van der Waals surface area contributed by atoms with Gasteiger partial charge in [-0.05, 0) is 17.7 Å². The van der Waals surface area contributed by atoms with E-state index in [2.05, 4.69) is 16.0 Å². The van der Waals surface area contributed by atoms with Crippen molar-refractivity contribution < 1.29 is 13.3 Å². The molecule has 0 atom stereocenters. The van der Waals surface area contributed by atoms with Crippen molar-refractivity contribution in [2.75, 3.05) is 26.2 Å². The number of nitrogens with zero attached hydrogens (tertiary/aromatic N) is 3. The third-order valence-electron chi connectivity index (χ3n) is 5.08. The number of aromatic nitrogens is 1. The van der Waals surface area contributed by atoms with Crippen molar-refractivity contribution in [3.8, 4) is 0 Å². The Labute approximate surface area is 162 Å². The fraction of sp³-hybridized carbons (Fsp3) is 0.263. The van der Waals surface area contributed by atoms with Gasteiger partial charge >= 0.3 is 0 Å². The van der Waals surface area contributed by atoms with Crippen LogP contribution in [0.3, 0.4) is 0 Å². The van der Waals surface area contributed by atoms with Gasteiger partial charge in [0.2, 0.25) is 10.0 Å². The van der Waals surface area contributed by atoms with E-state index in [1.165, 1.54) is 34.1 Å². The summed E-state index contributed by atoms with van der Waals surface area (Å²) in [6.45, 7) is 2.47. The van der Waals surface area contributed by atoms with Gasteiger partial charge in [0.1, 0.15) is 0 Å². The van der Waals surface area contributed by atoms with Gasteiger partial charge in [0, 0.05) is 55.9 Å². The van der Waals surface area contributed by atoms with Crippen LogP contribution in [0.25, 0.3) is 10.9 Å². The molecule has 28 heavy (non-hydrogen) atoms. The first kappa shape index (κ1) is 18.6. The van der Waals surface area contributed by atoms with Crippen LogP contribution in [0.1, 0.15) is 5.56 Å². The summed E-state index contributed by atoms with van der Waals surface area (Å²) in [6, 6.07) is 13.6. The fourth-order valence-electron chi connectivity index (χ4n) is 3.60. The Morgan fingerprint density at radius 3 is 2.43 bits per heavy atom. The highest BCUT2D eigenvalue weighted by atomic mass is 32.2. The van der Waals surface area contributed by atoms with Gasteiger partial charge in [-0.15, -0.1) is 0 Å². The van der Waals surface area contributed by atoms with Gasteiger partial charge in [-0.1, -0.05) is 30.3 Å². The van der Waals surface area contributed by atoms with Crippen LogP contribution in [-0.2, 0) is 16.6 Å². The zero-order valence-electron chi connectivity index (χ0n) is 15.1. The maximum Gasteiger partial charge on any atom is 0.289 e. The Bertz CT molecular complexity index is 1120. The number of nitro benzene ring substituents is 1. The Balaban J connectivity index is 1.47. The number of hydrogen-bond donors (Lipinski definition) is 1. The summed E-state index contributed by atoms with van der Waals surface area (Å²) < 4.78 is 27.2. The predicted octanol–water partition coefficient (Wildman–Crippen LogP) is 2.58. The molecule has 146 valence electrons. The molecule has 0 bridgehead atoms. The monoisotopic (exact) mass is 400 g/mol. The number of aromatic amines is 1. The first-order chi connectivity index (χ1) is 13.5. The Morgan fingerprint density at radius 2 is 1.68 bits per heavy atom. The molecular weight excluding hydrogens is 380 g/mol. The van der Waals surface area contributed by atoms with Gasteiger partial charge in [0.15, 0.2) is 4.90 Å². The number of H-pyrrole nitrogens is 1. The number of piperazine rings is 1. The minimum atomic E-state index is -3.90. The van der Waals surface area contributed by atoms with E-state index in [0.29, 0.717) is 26.2 Å². The van der Waals surface area contributed by atoms with Crippen LogP contribution in [0.2, 0.25) is 0 Å². The minimum absolute atomic E-state index is 0.245. The first-order valence-corrected chi connectivity index (χ1v) is 10.4. The second kappa shape index (κ2) is 7.34. The quantitative estimate of drug-likeness (QED) is 0.524. The van der Waals surface area contributed by atoms with E-state index in [0.717, 1.165) is 17.4 Å². The summed E-state index contributed by atoms with van der Waals surface area (Å²) in [6.07, 6.45) is 1.99. The van der Waals surface area contributed by atoms with E-state index in [1.54, 1.807) is 0 Å². The van der Waals surface area contributed by atoms with Crippen LogP contribution < -0.4 is 0 Å². The van der Waals surface area contributed by atoms with Crippen molar-refractivity contribution in [2.24, 2.45) is 0 Å². The lowest BCUT2D eigenvalue weighted by atomic mass is 10.1. The largest absolute Gasteiger partial charge is 0.361 e. The van der Waals surface area contributed by atoms with Gasteiger partial charge in [-0.3, -0.25) is 15.0 Å². The van der Waals surface area contributed by atoms with E-state index in [1.807, 2.05) is 24.4 Å². The molecule has 0 spiro atoms. The predicted molar refractivity (Wildman–Crippen MR) is 105 cm³/mol. The van der Waals surface area contributed by atoms with Gasteiger partial charge in [0.05, 0.1) is 4.92 Å². The third-order valence-corrected chi connectivity index (χ3v) is 7.03. The number of hydrogen-bond acceptors (Lipinski definition) is 5. The maximum atomic E-state index is 12.9. The van der Waals surface area contributed by atoms with Crippen LogP contribution in [0, 0.1) is 10.1 Å². The van der Waals surface area contributed by atoms with Crippen molar-refractivity contribution in [1.29, 1.82) is 0 Å². The second-order valence-electron chi connectivity index (χ2n) is 6.76. The molecule has 0 saturated carbocycles. The van der Waals surface area contributed by atoms with Gasteiger partial charge in [0.25, 0.3) is 5.69 Å². The number of nitro groups is 1. The lowest BCUT2D eigenvalue weighted by Gasteiger charge is -2.33. The molecule has 9 heteroatoms. The zero-order chi connectivity index (χ0) is 19.7. The van der Waals surface area contributed by atoms with Crippen molar-refractivity contribution >= 4 is 26.6 Å². The van der Waals surface area contributed by atoms with Crippen LogP contribution in [0.4, 0.5) is 5.69 Å². The number of para-hydroxylation sites is 2. The summed E-state index contributed by atoms with van der Waals surface area (Å²) in [5.74, 6) is 0. The molecule has 0 unspecified atom stereocenters. The molecule has 4 rings (SSSR count). The smallest absolute Gasteiger partial charge is 0.289 e. The van der Waals surface area contributed by atoms with Crippen molar-refractivity contribution in [2.45, 2.75) is 11.4 Å². The van der Waals surface area contributed by atoms with Crippen LogP contribution >= 0.6 is 0 Å². The van der Waals surface area contributed by atoms with Gasteiger partial charge < -0.3 is 4.98 Å². The van der Waals surface area contributed by atoms with Crippen LogP contribution in [0.15, 0.2) is 59.6 Å². The summed E-state index contributed by atoms with van der Waals surface area (Å²) in [4.78, 5) is 15.7. The summed E-state index contributed by atoms with van der Waals surface area (Å²) in [7, 11) is -3.90. The van der Waals surface area contributed by atoms with Crippen molar-refractivity contribution in [3.63, 3.8) is 0 Å². The Kier molecular flexibility index (Phi) is 4.88. The highest BCUT2D eigenvalue weighted by Gasteiger charge is 2.33. The van der Waals surface area contributed by atoms with Crippen LogP contribution in [-0.4, -0.2) is 53.7 Å². The molecule has 0 aliphatic carbocycles. The third kappa shape index (κ3) is 3.39. The molecule has 2 heterocycles. The fourth-order valence-corrected chi connectivity index (χ4v) is 5.18. The molecule has 3 aromatic rings. The number of fused-ring (bicyclic) bond motifs is 1. The molecule has 1 aromatic heterocycles. The Morgan fingerprint density at radius 1 is 1.00 bits per heavy atom. The molecule has 1 fully saturated rings. The molecular formula is C19H20N4O4S. The molecule has 8 nitrogen and oxygen atoms in total. The SMILES string of the molecule is O=[N+]([O-])c1ccccc1S(=O)(=O)N1CCN(Cc2c[nH]c3ccccc23)CC1. The summed E-state index contributed by atoms with van der Waals surface area (Å²) in [5.41, 5.74) is 1.87. The molecule has 1 aliphatic rings. The minimum Gasteiger partial charge on any atom is -0.361 e. The van der Waals surface area contributed by atoms with E-state index >= 15 is 0 Å². The second-order valence-corrected chi connectivity index (χ2v) is 8.67. The Hall–Kier alpha value is -2.75. The number of nitrogens with one attached hydrogen (secondary N) is 1. The van der Waals surface area contributed by atoms with E-state index in [-0.39, 0.29) is 10.6 Å². The van der Waals surface area contributed by atoms with Gasteiger partial charge in [-0.25, -0.2) is 8.42 Å². The van der Waals surface area contributed by atoms with Crippen molar-refractivity contribution in [1.82, 2.24) is 14.2 Å². The normalized spacial score (nSPS) is 16.4. The lowest BCUT2D eigenvalue weighted by molar-refractivity contribution is -0.387. The standard InChI is InChI=1S/C19H20N4O4S/c24-23(25)18-7-3-4-8-19(18)28(26,27)22-11-9-21(10-12-22)14-15-13-20-17-6-2-1-5-16(15)17/h1-8,13,20H,9-12,14H2. The molecule has 0 radical (unpaired) electrons. The first-order valence-electron chi connectivity index (χ1n) is 8.98. The lowest BCUT2D eigenvalue weighted by Crippen LogP contribution is -2.48. The topological polar surface area (TPSA) is 99.5 Å². The average molecular weight is 400 g/mol. The molecule has 1 N–H and O–H groups in total. The van der Waals surface area contributed by atoms with E-state index in [9.17, 15) is 18.5 Å². The van der Waals surface area contributed by atoms with Gasteiger partial charge in [-0.2, -0.15) is 4.31 Å². The molecule has 0 amide bonds. The molecule has 2 aromatic carbocycles. The van der Waals surface area contributed by atoms with E-state index in [4.69, 9.17) is 0 Å². The number of benzene rings is 2. The van der Waals surface area contributed by atoms with E-state index < -0.39 is 14.9 Å². The van der Waals surface area contributed by atoms with Crippen molar-refractivity contribution in [3.05, 3.63) is 70.4 Å². The molecule has 1 saturated heterocycles. The number of rotatable bonds is 5. The molecule has 1 aliphatic heterocycles. The average Bonchev–Trinajstić information content (AvgIpc) is 3.11. The number of sulfonamides is 1. The highest BCUT2D eigenvalue weighted by Crippen LogP contribution is 2.27. The maximum absolute atomic E-state index is 12.9. The summed E-state index contributed by atoms with van der Waals surface area (Å²) in [5, 5.41) is 12.4. The zero-order valence-corrected chi connectivity index (χ0v) is 15.9. The highest BCUT2D eigenvalue weighted by molar-refractivity contribution is 7.89.